The molecule has 5 N–H and O–H groups in total. The molecule has 0 aliphatic carbocycles. The number of benzene rings is 1. The summed E-state index contributed by atoms with van der Waals surface area (Å²) >= 11 is 0. The van der Waals surface area contributed by atoms with E-state index in [1.165, 1.54) is 10.9 Å². The smallest absolute Gasteiger partial charge is 0.269 e. The van der Waals surface area contributed by atoms with E-state index in [1.54, 1.807) is 12.1 Å². The number of amides is 2. The highest BCUT2D eigenvalue weighted by atomic mass is 35.5. The highest BCUT2D eigenvalue weighted by molar-refractivity contribution is 6.04. The first-order valence-electron chi connectivity index (χ1n) is 8.17. The molecular formula is C17H22ClN5O3. The lowest BCUT2D eigenvalue weighted by Crippen LogP contribution is -2.30. The van der Waals surface area contributed by atoms with Crippen molar-refractivity contribution in [3.63, 3.8) is 0 Å². The molecule has 2 heterocycles. The third-order valence-electron chi connectivity index (χ3n) is 4.29. The monoisotopic (exact) mass is 379 g/mol. The van der Waals surface area contributed by atoms with Gasteiger partial charge in [0.2, 0.25) is 0 Å². The van der Waals surface area contributed by atoms with E-state index in [0.717, 1.165) is 31.7 Å². The van der Waals surface area contributed by atoms with Crippen molar-refractivity contribution in [2.45, 2.75) is 12.8 Å². The van der Waals surface area contributed by atoms with Gasteiger partial charge in [-0.1, -0.05) is 0 Å². The van der Waals surface area contributed by atoms with E-state index < -0.39 is 11.8 Å². The van der Waals surface area contributed by atoms with Crippen LogP contribution in [0.3, 0.4) is 0 Å². The van der Waals surface area contributed by atoms with Crippen molar-refractivity contribution in [2.75, 3.05) is 19.7 Å². The number of rotatable bonds is 6. The van der Waals surface area contributed by atoms with Gasteiger partial charge in [-0.25, -0.2) is 4.98 Å². The van der Waals surface area contributed by atoms with Crippen LogP contribution < -0.4 is 21.5 Å². The molecule has 1 saturated heterocycles. The standard InChI is InChI=1S/C17H21N5O3.ClH/c18-16(23)14-15(17(19)24)22(10-21-14)12-1-3-13(4-2-12)25-9-11-5-7-20-8-6-11;/h1-4,10-11,20H,5-9H2,(H2,18,23)(H2,19,24);1H. The Hall–Kier alpha value is -2.58. The minimum atomic E-state index is -0.797. The van der Waals surface area contributed by atoms with Crippen molar-refractivity contribution < 1.29 is 14.3 Å². The highest BCUT2D eigenvalue weighted by Gasteiger charge is 2.21. The lowest BCUT2D eigenvalue weighted by atomic mass is 9.99. The Labute approximate surface area is 157 Å². The zero-order chi connectivity index (χ0) is 17.8. The first-order chi connectivity index (χ1) is 12.1. The number of nitrogens with two attached hydrogens (primary N) is 2. The second-order valence-corrected chi connectivity index (χ2v) is 6.04. The van der Waals surface area contributed by atoms with Crippen molar-refractivity contribution in [3.05, 3.63) is 42.0 Å². The lowest BCUT2D eigenvalue weighted by Gasteiger charge is -2.22. The molecule has 0 saturated carbocycles. The van der Waals surface area contributed by atoms with Gasteiger partial charge in [0.15, 0.2) is 5.69 Å². The summed E-state index contributed by atoms with van der Waals surface area (Å²) in [5.74, 6) is -0.251. The lowest BCUT2D eigenvalue weighted by molar-refractivity contribution is 0.0960. The minimum Gasteiger partial charge on any atom is -0.493 e. The number of nitrogens with zero attached hydrogens (tertiary/aromatic N) is 2. The number of aromatic nitrogens is 2. The maximum Gasteiger partial charge on any atom is 0.269 e. The van der Waals surface area contributed by atoms with Crippen LogP contribution in [-0.2, 0) is 0 Å². The van der Waals surface area contributed by atoms with Gasteiger partial charge in [-0.2, -0.15) is 0 Å². The molecule has 8 nitrogen and oxygen atoms in total. The van der Waals surface area contributed by atoms with Crippen LogP contribution in [0.4, 0.5) is 0 Å². The summed E-state index contributed by atoms with van der Waals surface area (Å²) in [6.07, 6.45) is 3.58. The molecule has 9 heteroatoms. The number of piperidine rings is 1. The fourth-order valence-electron chi connectivity index (χ4n) is 2.93. The number of imidazole rings is 1. The molecule has 1 fully saturated rings. The summed E-state index contributed by atoms with van der Waals surface area (Å²) in [6.45, 7) is 2.75. The van der Waals surface area contributed by atoms with Gasteiger partial charge in [-0.3, -0.25) is 14.2 Å². The van der Waals surface area contributed by atoms with Gasteiger partial charge >= 0.3 is 0 Å². The fraction of sp³-hybridized carbons (Fsp3) is 0.353. The molecule has 0 bridgehead atoms. The molecule has 0 radical (unpaired) electrons. The van der Waals surface area contributed by atoms with Crippen molar-refractivity contribution in [1.82, 2.24) is 14.9 Å². The third-order valence-corrected chi connectivity index (χ3v) is 4.29. The maximum atomic E-state index is 11.6. The van der Waals surface area contributed by atoms with Gasteiger partial charge in [-0.15, -0.1) is 12.4 Å². The zero-order valence-electron chi connectivity index (χ0n) is 14.2. The molecule has 1 aliphatic heterocycles. The van der Waals surface area contributed by atoms with Crippen molar-refractivity contribution in [2.24, 2.45) is 17.4 Å². The molecule has 0 atom stereocenters. The van der Waals surface area contributed by atoms with E-state index in [-0.39, 0.29) is 23.8 Å². The topological polar surface area (TPSA) is 125 Å². The first kappa shape index (κ1) is 19.7. The summed E-state index contributed by atoms with van der Waals surface area (Å²) in [6, 6.07) is 7.17. The number of hydrogen-bond acceptors (Lipinski definition) is 5. The van der Waals surface area contributed by atoms with Crippen LogP contribution in [0, 0.1) is 5.92 Å². The molecule has 1 aromatic carbocycles. The van der Waals surface area contributed by atoms with E-state index in [9.17, 15) is 9.59 Å². The summed E-state index contributed by atoms with van der Waals surface area (Å²) < 4.78 is 7.28. The third kappa shape index (κ3) is 4.33. The second kappa shape index (κ2) is 8.68. The molecule has 1 aliphatic rings. The van der Waals surface area contributed by atoms with Gasteiger partial charge in [-0.05, 0) is 56.1 Å². The summed E-state index contributed by atoms with van der Waals surface area (Å²) in [5, 5.41) is 3.33. The first-order valence-corrected chi connectivity index (χ1v) is 8.17. The number of hydrogen-bond donors (Lipinski definition) is 3. The zero-order valence-corrected chi connectivity index (χ0v) is 15.0. The van der Waals surface area contributed by atoms with Crippen LogP contribution in [-0.4, -0.2) is 41.1 Å². The van der Waals surface area contributed by atoms with Crippen LogP contribution >= 0.6 is 12.4 Å². The Morgan fingerprint density at radius 1 is 1.15 bits per heavy atom. The van der Waals surface area contributed by atoms with Gasteiger partial charge in [0.25, 0.3) is 11.8 Å². The molecule has 2 aromatic rings. The normalized spacial score (nSPS) is 14.5. The quantitative estimate of drug-likeness (QED) is 0.686. The predicted octanol–water partition coefficient (Wildman–Crippen LogP) is 0.870. The molecule has 0 spiro atoms. The number of carbonyl (C=O) groups is 2. The predicted molar refractivity (Wildman–Crippen MR) is 98.9 cm³/mol. The minimum absolute atomic E-state index is 0. The van der Waals surface area contributed by atoms with Crippen molar-refractivity contribution in [1.29, 1.82) is 0 Å². The number of halogens is 1. The summed E-state index contributed by atoms with van der Waals surface area (Å²) in [4.78, 5) is 26.9. The Balaban J connectivity index is 0.00000243. The highest BCUT2D eigenvalue weighted by Crippen LogP contribution is 2.20. The SMILES string of the molecule is Cl.NC(=O)c1ncn(-c2ccc(OCC3CCNCC3)cc2)c1C(N)=O. The van der Waals surface area contributed by atoms with E-state index in [0.29, 0.717) is 18.2 Å². The average molecular weight is 380 g/mol. The Morgan fingerprint density at radius 2 is 1.81 bits per heavy atom. The molecule has 0 unspecified atom stereocenters. The Kier molecular flexibility index (Phi) is 6.59. The van der Waals surface area contributed by atoms with E-state index in [2.05, 4.69) is 10.3 Å². The van der Waals surface area contributed by atoms with E-state index in [1.807, 2.05) is 12.1 Å². The van der Waals surface area contributed by atoms with Crippen molar-refractivity contribution in [3.8, 4) is 11.4 Å². The Morgan fingerprint density at radius 3 is 2.38 bits per heavy atom. The number of nitrogens with one attached hydrogen (secondary N) is 1. The maximum absolute atomic E-state index is 11.6. The van der Waals surface area contributed by atoms with Crippen LogP contribution in [0.1, 0.15) is 33.8 Å². The number of carbonyl (C=O) groups excluding carboxylic acids is 2. The average Bonchev–Trinajstić information content (AvgIpc) is 3.07. The van der Waals surface area contributed by atoms with E-state index >= 15 is 0 Å². The molecule has 2 amide bonds. The summed E-state index contributed by atoms with van der Waals surface area (Å²) in [5.41, 5.74) is 11.1. The second-order valence-electron chi connectivity index (χ2n) is 6.04. The van der Waals surface area contributed by atoms with Crippen LogP contribution in [0.2, 0.25) is 0 Å². The van der Waals surface area contributed by atoms with Gasteiger partial charge < -0.3 is 21.5 Å². The molecule has 3 rings (SSSR count). The summed E-state index contributed by atoms with van der Waals surface area (Å²) in [7, 11) is 0. The molecular weight excluding hydrogens is 358 g/mol. The van der Waals surface area contributed by atoms with Crippen LogP contribution in [0.5, 0.6) is 5.75 Å². The number of ether oxygens (including phenoxy) is 1. The van der Waals surface area contributed by atoms with Gasteiger partial charge in [0.05, 0.1) is 6.61 Å². The van der Waals surface area contributed by atoms with Crippen LogP contribution in [0.25, 0.3) is 5.69 Å². The molecule has 140 valence electrons. The van der Waals surface area contributed by atoms with Gasteiger partial charge in [0, 0.05) is 5.69 Å². The van der Waals surface area contributed by atoms with E-state index in [4.69, 9.17) is 16.2 Å². The number of primary amides is 2. The molecule has 26 heavy (non-hydrogen) atoms. The van der Waals surface area contributed by atoms with Crippen molar-refractivity contribution >= 4 is 24.2 Å². The van der Waals surface area contributed by atoms with Gasteiger partial charge in [0.1, 0.15) is 17.8 Å². The van der Waals surface area contributed by atoms with Crippen LogP contribution in [0.15, 0.2) is 30.6 Å². The largest absolute Gasteiger partial charge is 0.493 e. The molecule has 1 aromatic heterocycles. The fourth-order valence-corrected chi connectivity index (χ4v) is 2.93. The Bertz CT molecular complexity index is 769.